The zero-order chi connectivity index (χ0) is 15.1. The van der Waals surface area contributed by atoms with Crippen LogP contribution in [0.3, 0.4) is 0 Å². The summed E-state index contributed by atoms with van der Waals surface area (Å²) in [5.74, 6) is -1.54. The van der Waals surface area contributed by atoms with Crippen LogP contribution in [0.15, 0.2) is 24.3 Å². The van der Waals surface area contributed by atoms with Crippen molar-refractivity contribution in [2.24, 2.45) is 0 Å². The Bertz CT molecular complexity index is 498. The standard InChI is InChI=1S/C13H16N2O5/c1-8(12(18)20-2)15-13(19)14-7-9-3-5-10(6-4-9)11(16)17/h3-6,8H,7H2,1-2H3,(H,16,17)(H2,14,15,19). The molecule has 0 bridgehead atoms. The summed E-state index contributed by atoms with van der Waals surface area (Å²) in [7, 11) is 1.24. The maximum absolute atomic E-state index is 11.5. The Morgan fingerprint density at radius 1 is 1.25 bits per heavy atom. The van der Waals surface area contributed by atoms with Gasteiger partial charge in [0.1, 0.15) is 6.04 Å². The van der Waals surface area contributed by atoms with Gasteiger partial charge in [-0.3, -0.25) is 0 Å². The van der Waals surface area contributed by atoms with E-state index in [2.05, 4.69) is 15.4 Å². The fourth-order valence-electron chi connectivity index (χ4n) is 1.43. The van der Waals surface area contributed by atoms with Gasteiger partial charge in [-0.1, -0.05) is 12.1 Å². The molecule has 2 amide bonds. The molecule has 1 unspecified atom stereocenters. The third kappa shape index (κ3) is 4.60. The molecule has 7 heteroatoms. The van der Waals surface area contributed by atoms with E-state index in [0.29, 0.717) is 0 Å². The molecule has 7 nitrogen and oxygen atoms in total. The van der Waals surface area contributed by atoms with Gasteiger partial charge in [0, 0.05) is 6.54 Å². The van der Waals surface area contributed by atoms with Crippen LogP contribution in [0, 0.1) is 0 Å². The maximum Gasteiger partial charge on any atom is 0.335 e. The Balaban J connectivity index is 2.44. The summed E-state index contributed by atoms with van der Waals surface area (Å²) in [6.45, 7) is 1.73. The zero-order valence-electron chi connectivity index (χ0n) is 11.2. The Kier molecular flexibility index (Phi) is 5.52. The number of carbonyl (C=O) groups is 3. The topological polar surface area (TPSA) is 105 Å². The van der Waals surface area contributed by atoms with Gasteiger partial charge in [-0.25, -0.2) is 14.4 Å². The molecule has 1 aromatic carbocycles. The van der Waals surface area contributed by atoms with Crippen molar-refractivity contribution in [1.82, 2.24) is 10.6 Å². The van der Waals surface area contributed by atoms with Gasteiger partial charge in [0.05, 0.1) is 12.7 Å². The SMILES string of the molecule is COC(=O)C(C)NC(=O)NCc1ccc(C(=O)O)cc1. The van der Waals surface area contributed by atoms with E-state index < -0.39 is 24.0 Å². The average Bonchev–Trinajstić information content (AvgIpc) is 2.44. The molecule has 1 aromatic rings. The first kappa shape index (κ1) is 15.5. The Labute approximate surface area is 115 Å². The number of benzene rings is 1. The van der Waals surface area contributed by atoms with E-state index >= 15 is 0 Å². The van der Waals surface area contributed by atoms with E-state index in [-0.39, 0.29) is 12.1 Å². The molecule has 108 valence electrons. The predicted octanol–water partition coefficient (Wildman–Crippen LogP) is 0.745. The molecule has 0 spiro atoms. The van der Waals surface area contributed by atoms with Crippen molar-refractivity contribution < 1.29 is 24.2 Å². The normalized spacial score (nSPS) is 11.3. The maximum atomic E-state index is 11.5. The number of ether oxygens (including phenoxy) is 1. The van der Waals surface area contributed by atoms with Crippen LogP contribution in [0.25, 0.3) is 0 Å². The number of carboxylic acids is 1. The van der Waals surface area contributed by atoms with Crippen LogP contribution in [0.1, 0.15) is 22.8 Å². The predicted molar refractivity (Wildman–Crippen MR) is 70.3 cm³/mol. The van der Waals surface area contributed by atoms with Gasteiger partial charge in [-0.2, -0.15) is 0 Å². The smallest absolute Gasteiger partial charge is 0.335 e. The molecule has 0 aliphatic rings. The second-order valence-corrected chi connectivity index (χ2v) is 4.07. The highest BCUT2D eigenvalue weighted by Crippen LogP contribution is 2.04. The van der Waals surface area contributed by atoms with Crippen molar-refractivity contribution in [3.63, 3.8) is 0 Å². The fourth-order valence-corrected chi connectivity index (χ4v) is 1.43. The first-order chi connectivity index (χ1) is 9.43. The lowest BCUT2D eigenvalue weighted by molar-refractivity contribution is -0.142. The summed E-state index contributed by atoms with van der Waals surface area (Å²) in [5, 5.41) is 13.7. The van der Waals surface area contributed by atoms with Crippen molar-refractivity contribution >= 4 is 18.0 Å². The average molecular weight is 280 g/mol. The van der Waals surface area contributed by atoms with Crippen molar-refractivity contribution in [3.8, 4) is 0 Å². The number of rotatable bonds is 5. The Morgan fingerprint density at radius 2 is 1.85 bits per heavy atom. The minimum atomic E-state index is -1.01. The zero-order valence-corrected chi connectivity index (χ0v) is 11.2. The second kappa shape index (κ2) is 7.13. The summed E-state index contributed by atoms with van der Waals surface area (Å²) < 4.78 is 4.47. The largest absolute Gasteiger partial charge is 0.478 e. The molecule has 0 aliphatic carbocycles. The summed E-state index contributed by atoms with van der Waals surface area (Å²) in [4.78, 5) is 33.3. The first-order valence-electron chi connectivity index (χ1n) is 5.88. The number of aromatic carboxylic acids is 1. The molecule has 0 aromatic heterocycles. The van der Waals surface area contributed by atoms with Gasteiger partial charge in [-0.15, -0.1) is 0 Å². The number of esters is 1. The van der Waals surface area contributed by atoms with E-state index in [1.165, 1.54) is 26.2 Å². The van der Waals surface area contributed by atoms with E-state index in [1.54, 1.807) is 12.1 Å². The molecule has 0 radical (unpaired) electrons. The third-order valence-corrected chi connectivity index (χ3v) is 2.56. The summed E-state index contributed by atoms with van der Waals surface area (Å²) in [6.07, 6.45) is 0. The highest BCUT2D eigenvalue weighted by Gasteiger charge is 2.15. The summed E-state index contributed by atoms with van der Waals surface area (Å²) in [6, 6.07) is 4.86. The molecule has 1 rings (SSSR count). The van der Waals surface area contributed by atoms with E-state index in [9.17, 15) is 14.4 Å². The lowest BCUT2D eigenvalue weighted by Gasteiger charge is -2.12. The number of hydrogen-bond acceptors (Lipinski definition) is 4. The molecule has 0 saturated heterocycles. The van der Waals surface area contributed by atoms with Crippen LogP contribution in [-0.4, -0.2) is 36.2 Å². The molecular weight excluding hydrogens is 264 g/mol. The van der Waals surface area contributed by atoms with Crippen molar-refractivity contribution in [2.75, 3.05) is 7.11 Å². The van der Waals surface area contributed by atoms with Crippen LogP contribution in [0.5, 0.6) is 0 Å². The molecule has 0 saturated carbocycles. The minimum absolute atomic E-state index is 0.178. The summed E-state index contributed by atoms with van der Waals surface area (Å²) >= 11 is 0. The molecule has 3 N–H and O–H groups in total. The minimum Gasteiger partial charge on any atom is -0.478 e. The van der Waals surface area contributed by atoms with Crippen LogP contribution in [0.2, 0.25) is 0 Å². The quantitative estimate of drug-likeness (QED) is 0.690. The van der Waals surface area contributed by atoms with Gasteiger partial charge in [0.25, 0.3) is 0 Å². The number of hydrogen-bond donors (Lipinski definition) is 3. The number of nitrogens with one attached hydrogen (secondary N) is 2. The van der Waals surface area contributed by atoms with Crippen LogP contribution >= 0.6 is 0 Å². The fraction of sp³-hybridized carbons (Fsp3) is 0.308. The van der Waals surface area contributed by atoms with Crippen molar-refractivity contribution in [2.45, 2.75) is 19.5 Å². The summed E-state index contributed by atoms with van der Waals surface area (Å²) in [5.41, 5.74) is 0.924. The highest BCUT2D eigenvalue weighted by atomic mass is 16.5. The van der Waals surface area contributed by atoms with E-state index in [1.807, 2.05) is 0 Å². The van der Waals surface area contributed by atoms with Crippen LogP contribution < -0.4 is 10.6 Å². The molecule has 20 heavy (non-hydrogen) atoms. The number of methoxy groups -OCH3 is 1. The van der Waals surface area contributed by atoms with Crippen molar-refractivity contribution in [3.05, 3.63) is 35.4 Å². The van der Waals surface area contributed by atoms with E-state index in [0.717, 1.165) is 5.56 Å². The lowest BCUT2D eigenvalue weighted by atomic mass is 10.1. The van der Waals surface area contributed by atoms with Crippen molar-refractivity contribution in [1.29, 1.82) is 0 Å². The van der Waals surface area contributed by atoms with Gasteiger partial charge >= 0.3 is 18.0 Å². The van der Waals surface area contributed by atoms with Gasteiger partial charge < -0.3 is 20.5 Å². The molecule has 0 aliphatic heterocycles. The van der Waals surface area contributed by atoms with Gasteiger partial charge in [-0.05, 0) is 24.6 Å². The Hall–Kier alpha value is -2.57. The number of carbonyl (C=O) groups excluding carboxylic acids is 2. The molecule has 0 fully saturated rings. The highest BCUT2D eigenvalue weighted by molar-refractivity contribution is 5.87. The Morgan fingerprint density at radius 3 is 2.35 bits per heavy atom. The number of urea groups is 1. The molecule has 1 atom stereocenters. The number of carboxylic acid groups (broad SMARTS) is 1. The number of amides is 2. The monoisotopic (exact) mass is 280 g/mol. The molecular formula is C13H16N2O5. The van der Waals surface area contributed by atoms with Gasteiger partial charge in [0.2, 0.25) is 0 Å². The van der Waals surface area contributed by atoms with Crippen LogP contribution in [-0.2, 0) is 16.1 Å². The van der Waals surface area contributed by atoms with E-state index in [4.69, 9.17) is 5.11 Å². The third-order valence-electron chi connectivity index (χ3n) is 2.56. The second-order valence-electron chi connectivity index (χ2n) is 4.07. The lowest BCUT2D eigenvalue weighted by Crippen LogP contribution is -2.44. The van der Waals surface area contributed by atoms with Gasteiger partial charge in [0.15, 0.2) is 0 Å². The van der Waals surface area contributed by atoms with Crippen LogP contribution in [0.4, 0.5) is 4.79 Å². The first-order valence-corrected chi connectivity index (χ1v) is 5.88. The molecule has 0 heterocycles.